The number of hydrogen-bond donors (Lipinski definition) is 2. The number of rotatable bonds is 8. The van der Waals surface area contributed by atoms with Gasteiger partial charge in [-0.1, -0.05) is 32.3 Å². The first kappa shape index (κ1) is 13.0. The highest BCUT2D eigenvalue weighted by molar-refractivity contribution is 5.72. The summed E-state index contributed by atoms with van der Waals surface area (Å²) < 4.78 is 0. The molecule has 1 unspecified atom stereocenters. The molecule has 0 rings (SSSR count). The van der Waals surface area contributed by atoms with Gasteiger partial charge < -0.3 is 10.4 Å². The van der Waals surface area contributed by atoms with E-state index in [1.807, 2.05) is 6.08 Å². The molecule has 0 aromatic heterocycles. The standard InChI is InChI=1S/C11H21NO2/c1-3-4-5-6-7-8-9-12-10(2)11(13)14/h8-10,12H,3-7H2,1-2H3,(H,13,14). The minimum atomic E-state index is -0.819. The summed E-state index contributed by atoms with van der Waals surface area (Å²) in [6.07, 6.45) is 9.74. The van der Waals surface area contributed by atoms with Crippen molar-refractivity contribution in [3.05, 3.63) is 12.3 Å². The fourth-order valence-electron chi connectivity index (χ4n) is 1.06. The third kappa shape index (κ3) is 7.65. The summed E-state index contributed by atoms with van der Waals surface area (Å²) in [6.45, 7) is 3.82. The monoisotopic (exact) mass is 199 g/mol. The second kappa shape index (κ2) is 8.60. The fourth-order valence-corrected chi connectivity index (χ4v) is 1.06. The summed E-state index contributed by atoms with van der Waals surface area (Å²) in [5, 5.41) is 11.4. The second-order valence-corrected chi connectivity index (χ2v) is 3.48. The third-order valence-corrected chi connectivity index (χ3v) is 2.06. The molecule has 0 saturated heterocycles. The third-order valence-electron chi connectivity index (χ3n) is 2.06. The van der Waals surface area contributed by atoms with Crippen LogP contribution in [0.25, 0.3) is 0 Å². The number of aliphatic carboxylic acids is 1. The predicted molar refractivity (Wildman–Crippen MR) is 58.1 cm³/mol. The van der Waals surface area contributed by atoms with Gasteiger partial charge in [-0.3, -0.25) is 4.79 Å². The Labute approximate surface area is 86.2 Å². The Balaban J connectivity index is 3.31. The maximum Gasteiger partial charge on any atom is 0.325 e. The summed E-state index contributed by atoms with van der Waals surface area (Å²) in [6, 6.07) is -0.498. The van der Waals surface area contributed by atoms with Crippen LogP contribution in [0.15, 0.2) is 12.3 Å². The molecular formula is C11H21NO2. The SMILES string of the molecule is CCCCCCC=CNC(C)C(=O)O. The van der Waals surface area contributed by atoms with Gasteiger partial charge in [0.1, 0.15) is 6.04 Å². The zero-order valence-corrected chi connectivity index (χ0v) is 9.12. The molecular weight excluding hydrogens is 178 g/mol. The lowest BCUT2D eigenvalue weighted by molar-refractivity contribution is -0.138. The molecule has 0 aliphatic carbocycles. The summed E-state index contributed by atoms with van der Waals surface area (Å²) in [5.74, 6) is -0.819. The Bertz CT molecular complexity index is 178. The lowest BCUT2D eigenvalue weighted by Crippen LogP contribution is -2.29. The zero-order valence-electron chi connectivity index (χ0n) is 9.12. The molecule has 0 saturated carbocycles. The molecule has 3 nitrogen and oxygen atoms in total. The number of unbranched alkanes of at least 4 members (excludes halogenated alkanes) is 4. The Hall–Kier alpha value is -0.990. The molecule has 0 aliphatic rings. The predicted octanol–water partition coefficient (Wildman–Crippen LogP) is 2.53. The van der Waals surface area contributed by atoms with Crippen LogP contribution >= 0.6 is 0 Å². The van der Waals surface area contributed by atoms with Crippen molar-refractivity contribution in [1.82, 2.24) is 5.32 Å². The van der Waals surface area contributed by atoms with E-state index < -0.39 is 12.0 Å². The van der Waals surface area contributed by atoms with E-state index in [1.54, 1.807) is 13.1 Å². The molecule has 0 radical (unpaired) electrons. The van der Waals surface area contributed by atoms with Crippen LogP contribution in [-0.4, -0.2) is 17.1 Å². The van der Waals surface area contributed by atoms with Crippen molar-refractivity contribution in [1.29, 1.82) is 0 Å². The van der Waals surface area contributed by atoms with Gasteiger partial charge in [0.15, 0.2) is 0 Å². The lowest BCUT2D eigenvalue weighted by Gasteiger charge is -2.04. The second-order valence-electron chi connectivity index (χ2n) is 3.48. The number of carboxylic acid groups (broad SMARTS) is 1. The number of allylic oxidation sites excluding steroid dienone is 1. The van der Waals surface area contributed by atoms with Crippen molar-refractivity contribution in [2.24, 2.45) is 0 Å². The van der Waals surface area contributed by atoms with E-state index in [0.29, 0.717) is 0 Å². The molecule has 0 spiro atoms. The van der Waals surface area contributed by atoms with Crippen LogP contribution in [0.1, 0.15) is 46.0 Å². The van der Waals surface area contributed by atoms with Gasteiger partial charge in [0.05, 0.1) is 0 Å². The van der Waals surface area contributed by atoms with Gasteiger partial charge >= 0.3 is 5.97 Å². The van der Waals surface area contributed by atoms with E-state index in [4.69, 9.17) is 5.11 Å². The quantitative estimate of drug-likeness (QED) is 0.591. The highest BCUT2D eigenvalue weighted by Crippen LogP contribution is 2.02. The van der Waals surface area contributed by atoms with Crippen molar-refractivity contribution in [3.8, 4) is 0 Å². The lowest BCUT2D eigenvalue weighted by atomic mass is 10.1. The molecule has 0 aromatic rings. The average Bonchev–Trinajstić information content (AvgIpc) is 2.16. The molecule has 0 bridgehead atoms. The highest BCUT2D eigenvalue weighted by Gasteiger charge is 2.05. The van der Waals surface area contributed by atoms with Gasteiger partial charge in [-0.25, -0.2) is 0 Å². The van der Waals surface area contributed by atoms with E-state index in [0.717, 1.165) is 6.42 Å². The van der Waals surface area contributed by atoms with Crippen LogP contribution in [-0.2, 0) is 4.79 Å². The van der Waals surface area contributed by atoms with E-state index in [-0.39, 0.29) is 0 Å². The van der Waals surface area contributed by atoms with E-state index in [2.05, 4.69) is 12.2 Å². The van der Waals surface area contributed by atoms with E-state index in [1.165, 1.54) is 25.7 Å². The minimum absolute atomic E-state index is 0.498. The van der Waals surface area contributed by atoms with Crippen LogP contribution in [0.3, 0.4) is 0 Å². The van der Waals surface area contributed by atoms with E-state index >= 15 is 0 Å². The van der Waals surface area contributed by atoms with Crippen LogP contribution in [0.5, 0.6) is 0 Å². The Morgan fingerprint density at radius 3 is 2.71 bits per heavy atom. The van der Waals surface area contributed by atoms with Crippen LogP contribution in [0, 0.1) is 0 Å². The van der Waals surface area contributed by atoms with Gasteiger partial charge in [0.2, 0.25) is 0 Å². The summed E-state index contributed by atoms with van der Waals surface area (Å²) in [5.41, 5.74) is 0. The first-order valence-corrected chi connectivity index (χ1v) is 5.32. The first-order valence-electron chi connectivity index (χ1n) is 5.32. The largest absolute Gasteiger partial charge is 0.480 e. The number of carbonyl (C=O) groups is 1. The first-order chi connectivity index (χ1) is 6.68. The Morgan fingerprint density at radius 2 is 2.14 bits per heavy atom. The summed E-state index contributed by atoms with van der Waals surface area (Å²) >= 11 is 0. The molecule has 3 heteroatoms. The number of nitrogens with one attached hydrogen (secondary N) is 1. The number of carboxylic acids is 1. The van der Waals surface area contributed by atoms with Gasteiger partial charge in [-0.2, -0.15) is 0 Å². The van der Waals surface area contributed by atoms with Crippen LogP contribution < -0.4 is 5.32 Å². The molecule has 1 atom stereocenters. The maximum atomic E-state index is 10.4. The average molecular weight is 199 g/mol. The molecule has 2 N–H and O–H groups in total. The molecule has 82 valence electrons. The van der Waals surface area contributed by atoms with Gasteiger partial charge in [-0.15, -0.1) is 0 Å². The Kier molecular flexibility index (Phi) is 7.99. The minimum Gasteiger partial charge on any atom is -0.480 e. The highest BCUT2D eigenvalue weighted by atomic mass is 16.4. The van der Waals surface area contributed by atoms with Crippen molar-refractivity contribution in [2.75, 3.05) is 0 Å². The maximum absolute atomic E-state index is 10.4. The normalized spacial score (nSPS) is 13.0. The molecule has 0 aliphatic heterocycles. The van der Waals surface area contributed by atoms with Crippen LogP contribution in [0.2, 0.25) is 0 Å². The van der Waals surface area contributed by atoms with Crippen molar-refractivity contribution in [3.63, 3.8) is 0 Å². The van der Waals surface area contributed by atoms with Crippen molar-refractivity contribution >= 4 is 5.97 Å². The van der Waals surface area contributed by atoms with Crippen LogP contribution in [0.4, 0.5) is 0 Å². The molecule has 0 fully saturated rings. The molecule has 0 amide bonds. The fraction of sp³-hybridized carbons (Fsp3) is 0.727. The topological polar surface area (TPSA) is 49.3 Å². The smallest absolute Gasteiger partial charge is 0.325 e. The van der Waals surface area contributed by atoms with Gasteiger partial charge in [0, 0.05) is 0 Å². The zero-order chi connectivity index (χ0) is 10.8. The molecule has 0 aromatic carbocycles. The van der Waals surface area contributed by atoms with Gasteiger partial charge in [0.25, 0.3) is 0 Å². The van der Waals surface area contributed by atoms with E-state index in [9.17, 15) is 4.79 Å². The number of hydrogen-bond acceptors (Lipinski definition) is 2. The summed E-state index contributed by atoms with van der Waals surface area (Å²) in [4.78, 5) is 10.4. The molecule has 0 heterocycles. The van der Waals surface area contributed by atoms with Gasteiger partial charge in [-0.05, 0) is 26.0 Å². The Morgan fingerprint density at radius 1 is 1.43 bits per heavy atom. The van der Waals surface area contributed by atoms with Crippen molar-refractivity contribution < 1.29 is 9.90 Å². The summed E-state index contributed by atoms with van der Waals surface area (Å²) in [7, 11) is 0. The van der Waals surface area contributed by atoms with Crippen molar-refractivity contribution in [2.45, 2.75) is 52.0 Å². The molecule has 14 heavy (non-hydrogen) atoms.